The van der Waals surface area contributed by atoms with Crippen molar-refractivity contribution in [2.24, 2.45) is 0 Å². The first-order chi connectivity index (χ1) is 61.8. The van der Waals surface area contributed by atoms with Crippen molar-refractivity contribution in [2.75, 3.05) is 0 Å². The predicted octanol–water partition coefficient (Wildman–Crippen LogP) is 32.1. The number of hydrogen-bond donors (Lipinski definition) is 0. The van der Waals surface area contributed by atoms with Crippen molar-refractivity contribution >= 4 is 110 Å². The fourth-order valence-electron chi connectivity index (χ4n) is 18.3. The third-order valence-corrected chi connectivity index (χ3v) is 24.7. The molecule has 25 rings (SSSR count). The van der Waals surface area contributed by atoms with Crippen molar-refractivity contribution < 1.29 is 22.1 Å². The molecule has 7 heterocycles. The first-order valence-electron chi connectivity index (χ1n) is 42.0. The second-order valence-corrected chi connectivity index (χ2v) is 32.3. The Bertz CT molecular complexity index is 8650. The largest absolute Gasteiger partial charge is 0.456 e. The molecule has 0 aliphatic heterocycles. The lowest BCUT2D eigenvalue weighted by Crippen LogP contribution is -1.97. The van der Waals surface area contributed by atoms with Gasteiger partial charge in [-0.3, -0.25) is 0 Å². The van der Waals surface area contributed by atoms with Crippen LogP contribution in [0.1, 0.15) is 0 Å². The Morgan fingerprint density at radius 2 is 0.320 bits per heavy atom. The summed E-state index contributed by atoms with van der Waals surface area (Å²) in [7, 11) is 0. The highest BCUT2D eigenvalue weighted by Gasteiger charge is 2.23. The molecule has 18 aromatic carbocycles. The number of para-hydroxylation sites is 3. The summed E-state index contributed by atoms with van der Waals surface area (Å²) in [4.78, 5) is 21.9. The molecule has 25 aromatic rings. The highest BCUT2D eigenvalue weighted by atomic mass is 16.3. The molecule has 0 radical (unpaired) electrons. The number of hydrogen-bond acceptors (Lipinski definition) is 9. The van der Waals surface area contributed by atoms with Crippen molar-refractivity contribution in [3.8, 4) is 157 Å². The van der Waals surface area contributed by atoms with Gasteiger partial charge in [-0.05, 0) is 247 Å². The predicted molar refractivity (Wildman–Crippen MR) is 510 cm³/mol. The molecule has 125 heavy (non-hydrogen) atoms. The number of nitrogens with zero attached hydrogens (tertiary/aromatic N) is 4. The van der Waals surface area contributed by atoms with Gasteiger partial charge in [-0.15, -0.1) is 0 Å². The third-order valence-electron chi connectivity index (χ3n) is 24.7. The lowest BCUT2D eigenvalue weighted by molar-refractivity contribution is 0.668. The molecule has 0 atom stereocenters. The zero-order chi connectivity index (χ0) is 82.2. The van der Waals surface area contributed by atoms with Crippen molar-refractivity contribution in [3.05, 3.63) is 413 Å². The van der Waals surface area contributed by atoms with Gasteiger partial charge in [-0.25, -0.2) is 19.9 Å². The van der Waals surface area contributed by atoms with Crippen LogP contribution in [0.25, 0.3) is 267 Å². The Hall–Kier alpha value is -16.9. The minimum absolute atomic E-state index is 0.600. The lowest BCUT2D eigenvalue weighted by atomic mass is 9.93. The van der Waals surface area contributed by atoms with E-state index >= 15 is 0 Å². The van der Waals surface area contributed by atoms with E-state index in [1.807, 2.05) is 48.5 Å². The fourth-order valence-corrected chi connectivity index (χ4v) is 18.3. The molecule has 582 valence electrons. The van der Waals surface area contributed by atoms with Crippen LogP contribution in [0.4, 0.5) is 0 Å². The minimum Gasteiger partial charge on any atom is -0.456 e. The smallest absolute Gasteiger partial charge is 0.160 e. The average molecular weight is 1600 g/mol. The zero-order valence-electron chi connectivity index (χ0n) is 67.1. The Morgan fingerprint density at radius 1 is 0.112 bits per heavy atom. The Labute approximate surface area is 716 Å². The van der Waals surface area contributed by atoms with E-state index in [4.69, 9.17) is 42.0 Å². The average Bonchev–Trinajstić information content (AvgIpc) is 1.65. The molecule has 0 aliphatic carbocycles. The maximum atomic E-state index is 6.89. The number of benzene rings is 18. The second kappa shape index (κ2) is 29.0. The van der Waals surface area contributed by atoms with Crippen molar-refractivity contribution in [2.45, 2.75) is 0 Å². The molecule has 0 spiro atoms. The van der Waals surface area contributed by atoms with Gasteiger partial charge in [-0.1, -0.05) is 255 Å². The first kappa shape index (κ1) is 71.1. The SMILES string of the molecule is c1ccc(-c2cccc(-c3ccc(-c4cc(-c5ccccc5)nc(-c5cc(-c6ccc7oc8ccccc8c7c6)cc(-c6ccc7oc8cc(-c9ccc%10oc%11ccc(-c%12cc(-c%13ccc%14oc%15ccccc%15c%14c%13)cc(-c%13nc(-c%14ccccc%14)cc(-c%14ccc(-c%15ccc%16oc%17ccccc%17c%16c%15)cc%14)n%13)c%12)cc%11c%10c9)ccc8c7c6)c5)n4)cc3)c2)cc1. The molecule has 0 unspecified atom stereocenters. The van der Waals surface area contributed by atoms with Gasteiger partial charge < -0.3 is 22.1 Å². The van der Waals surface area contributed by atoms with E-state index in [-0.39, 0.29) is 0 Å². The summed E-state index contributed by atoms with van der Waals surface area (Å²) in [5, 5.41) is 10.4. The molecule has 7 aromatic heterocycles. The molecular weight excluding hydrogens is 1530 g/mol. The van der Waals surface area contributed by atoms with Crippen molar-refractivity contribution in [3.63, 3.8) is 0 Å². The molecule has 0 saturated carbocycles. The van der Waals surface area contributed by atoms with E-state index < -0.39 is 0 Å². The second-order valence-electron chi connectivity index (χ2n) is 32.3. The maximum absolute atomic E-state index is 6.89. The van der Waals surface area contributed by atoms with E-state index in [0.717, 1.165) is 244 Å². The highest BCUT2D eigenvalue weighted by molar-refractivity contribution is 6.12. The normalized spacial score (nSPS) is 11.8. The van der Waals surface area contributed by atoms with Crippen LogP contribution in [0.15, 0.2) is 435 Å². The Morgan fingerprint density at radius 3 is 0.680 bits per heavy atom. The molecule has 9 nitrogen and oxygen atoms in total. The van der Waals surface area contributed by atoms with Crippen LogP contribution in [0.2, 0.25) is 0 Å². The van der Waals surface area contributed by atoms with Gasteiger partial charge in [0.25, 0.3) is 0 Å². The monoisotopic (exact) mass is 1600 g/mol. The highest BCUT2D eigenvalue weighted by Crippen LogP contribution is 2.46. The Balaban J connectivity index is 0.576. The van der Waals surface area contributed by atoms with Crippen LogP contribution in [0.3, 0.4) is 0 Å². The first-order valence-corrected chi connectivity index (χ1v) is 42.0. The van der Waals surface area contributed by atoms with E-state index in [1.165, 1.54) is 11.1 Å². The lowest BCUT2D eigenvalue weighted by Gasteiger charge is -2.13. The molecule has 0 fully saturated rings. The number of rotatable bonds is 14. The topological polar surface area (TPSA) is 117 Å². The molecule has 0 bridgehead atoms. The summed E-state index contributed by atoms with van der Waals surface area (Å²) in [6.45, 7) is 0. The van der Waals surface area contributed by atoms with E-state index in [2.05, 4.69) is 364 Å². The summed E-state index contributed by atoms with van der Waals surface area (Å²) in [6.07, 6.45) is 0. The summed E-state index contributed by atoms with van der Waals surface area (Å²) < 4.78 is 32.6. The van der Waals surface area contributed by atoms with Crippen LogP contribution in [-0.4, -0.2) is 19.9 Å². The van der Waals surface area contributed by atoms with Gasteiger partial charge in [0.05, 0.1) is 22.8 Å². The standard InChI is InChI=1S/C116H68N4O5/c1-4-17-69(18-5-1)76-23-16-24-77(53-76)70-31-35-74(36-32-70)103-67-101(72-19-6-2-7-20-72)117-115(119-103)89-56-85(80-42-49-109-96(62-80)92-26-11-14-29-106(92)122-109)54-87(58-89)82-44-51-111-98(64-82)94-46-39-84(66-114(94)125-111)79-41-48-112-99(61-79)100-65-83(45-52-113(100)124-112)88-55-86(81-43-50-110-97(63-81)93-27-12-15-30-107(93)123-110)57-90(59-88)116-118-102(73-21-8-3-9-22-73)68-104(120-116)75-37-33-71(34-38-75)78-40-47-108-95(60-78)91-25-10-13-28-105(91)121-108/h1-68H. The van der Waals surface area contributed by atoms with Crippen LogP contribution in [0.5, 0.6) is 0 Å². The van der Waals surface area contributed by atoms with Gasteiger partial charge in [0.1, 0.15) is 55.8 Å². The summed E-state index contributed by atoms with van der Waals surface area (Å²) in [5.41, 5.74) is 34.2. The third kappa shape index (κ3) is 12.7. The maximum Gasteiger partial charge on any atom is 0.160 e. The Kier molecular flexibility index (Phi) is 16.5. The number of furan rings is 5. The van der Waals surface area contributed by atoms with Gasteiger partial charge >= 0.3 is 0 Å². The molecule has 0 amide bonds. The molecule has 0 saturated heterocycles. The van der Waals surface area contributed by atoms with Crippen LogP contribution >= 0.6 is 0 Å². The van der Waals surface area contributed by atoms with E-state index in [0.29, 0.717) is 11.6 Å². The van der Waals surface area contributed by atoms with Crippen LogP contribution in [-0.2, 0) is 0 Å². The molecular formula is C116H68N4O5. The van der Waals surface area contributed by atoms with Crippen LogP contribution < -0.4 is 0 Å². The van der Waals surface area contributed by atoms with Crippen LogP contribution in [0, 0.1) is 0 Å². The van der Waals surface area contributed by atoms with Crippen molar-refractivity contribution in [1.29, 1.82) is 0 Å². The summed E-state index contributed by atoms with van der Waals surface area (Å²) in [6, 6.07) is 145. The summed E-state index contributed by atoms with van der Waals surface area (Å²) in [5.74, 6) is 1.21. The summed E-state index contributed by atoms with van der Waals surface area (Å²) >= 11 is 0. The minimum atomic E-state index is 0.600. The van der Waals surface area contributed by atoms with Crippen molar-refractivity contribution in [1.82, 2.24) is 19.9 Å². The quantitative estimate of drug-likeness (QED) is 0.105. The van der Waals surface area contributed by atoms with Gasteiger partial charge in [0.2, 0.25) is 0 Å². The zero-order valence-corrected chi connectivity index (χ0v) is 67.1. The van der Waals surface area contributed by atoms with Gasteiger partial charge in [0.15, 0.2) is 11.6 Å². The fraction of sp³-hybridized carbons (Fsp3) is 0. The number of aromatic nitrogens is 4. The van der Waals surface area contributed by atoms with Gasteiger partial charge in [0, 0.05) is 87.2 Å². The molecule has 0 aliphatic rings. The number of fused-ring (bicyclic) bond motifs is 15. The van der Waals surface area contributed by atoms with E-state index in [9.17, 15) is 0 Å². The van der Waals surface area contributed by atoms with E-state index in [1.54, 1.807) is 0 Å². The molecule has 0 N–H and O–H groups in total. The van der Waals surface area contributed by atoms with Gasteiger partial charge in [-0.2, -0.15) is 0 Å². The molecule has 9 heteroatoms.